The summed E-state index contributed by atoms with van der Waals surface area (Å²) in [7, 11) is 0. The van der Waals surface area contributed by atoms with Crippen LogP contribution < -0.4 is 10.2 Å². The predicted octanol–water partition coefficient (Wildman–Crippen LogP) is 9.04. The van der Waals surface area contributed by atoms with Gasteiger partial charge in [0.15, 0.2) is 0 Å². The molecule has 1 N–H and O–H groups in total. The highest BCUT2D eigenvalue weighted by Gasteiger charge is 2.51. The van der Waals surface area contributed by atoms with Crippen molar-refractivity contribution in [1.82, 2.24) is 15.0 Å². The number of aromatic nitrogens is 3. The maximum absolute atomic E-state index is 13.4. The van der Waals surface area contributed by atoms with E-state index in [0.29, 0.717) is 24.8 Å². The molecule has 234 valence electrons. The Morgan fingerprint density at radius 2 is 1.68 bits per heavy atom. The van der Waals surface area contributed by atoms with Gasteiger partial charge >= 0.3 is 6.18 Å². The minimum Gasteiger partial charge on any atom is -0.324 e. The number of pyridine rings is 1. The standard InChI is InChI=1S/C32H36F3N5O.C2H3F/c1-2-4-28(41)40(26-6-3-5-25(17-26)39-29-37-18-23(19-38-29)22-7-8-22)21-30-11-14-31(15-12-30,16-13-30)27-10-9-24(20-36-27)32(33,34)35;1-2-3/h3,5-6,9-10,17-20,22H,2,4,7-8,11-16,21H2,1H3,(H,37,38,39);2H,1H2. The zero-order chi connectivity index (χ0) is 31.4. The summed E-state index contributed by atoms with van der Waals surface area (Å²) in [6.45, 7) is 5.35. The summed E-state index contributed by atoms with van der Waals surface area (Å²) in [5.41, 5.74) is 2.73. The van der Waals surface area contributed by atoms with Gasteiger partial charge in [-0.1, -0.05) is 19.6 Å². The van der Waals surface area contributed by atoms with Crippen LogP contribution in [-0.4, -0.2) is 27.4 Å². The summed E-state index contributed by atoms with van der Waals surface area (Å²) in [6, 6.07) is 10.6. The lowest BCUT2D eigenvalue weighted by Crippen LogP contribution is -2.50. The highest BCUT2D eigenvalue weighted by molar-refractivity contribution is 5.94. The van der Waals surface area contributed by atoms with E-state index in [9.17, 15) is 22.4 Å². The molecule has 2 heterocycles. The molecule has 0 radical (unpaired) electrons. The van der Waals surface area contributed by atoms with Crippen LogP contribution in [0.5, 0.6) is 0 Å². The van der Waals surface area contributed by atoms with Gasteiger partial charge in [0.25, 0.3) is 0 Å². The van der Waals surface area contributed by atoms with Crippen molar-refractivity contribution in [1.29, 1.82) is 0 Å². The van der Waals surface area contributed by atoms with Crippen molar-refractivity contribution in [3.8, 4) is 0 Å². The van der Waals surface area contributed by atoms with Crippen molar-refractivity contribution in [2.45, 2.75) is 88.6 Å². The predicted molar refractivity (Wildman–Crippen MR) is 163 cm³/mol. The van der Waals surface area contributed by atoms with E-state index in [2.05, 4.69) is 26.8 Å². The first kappa shape index (κ1) is 31.6. The molecule has 1 amide bonds. The van der Waals surface area contributed by atoms with Crippen LogP contribution in [0.15, 0.2) is 67.9 Å². The van der Waals surface area contributed by atoms with E-state index in [1.54, 1.807) is 6.07 Å². The number of fused-ring (bicyclic) bond motifs is 3. The minimum atomic E-state index is -4.38. The molecule has 0 aliphatic heterocycles. The summed E-state index contributed by atoms with van der Waals surface area (Å²) in [4.78, 5) is 28.6. The Morgan fingerprint density at radius 3 is 2.23 bits per heavy atom. The molecule has 1 aromatic carbocycles. The van der Waals surface area contributed by atoms with E-state index >= 15 is 0 Å². The molecule has 4 fully saturated rings. The smallest absolute Gasteiger partial charge is 0.324 e. The first-order valence-electron chi connectivity index (χ1n) is 15.3. The molecule has 2 aromatic heterocycles. The van der Waals surface area contributed by atoms with Crippen molar-refractivity contribution in [3.63, 3.8) is 0 Å². The molecule has 2 bridgehead atoms. The van der Waals surface area contributed by atoms with E-state index < -0.39 is 11.7 Å². The van der Waals surface area contributed by atoms with E-state index in [-0.39, 0.29) is 23.1 Å². The van der Waals surface area contributed by atoms with E-state index in [0.717, 1.165) is 74.3 Å². The number of halogens is 4. The molecule has 0 saturated heterocycles. The minimum absolute atomic E-state index is 0.0117. The Labute approximate surface area is 256 Å². The third kappa shape index (κ3) is 7.11. The first-order chi connectivity index (χ1) is 21.1. The maximum Gasteiger partial charge on any atom is 0.417 e. The van der Waals surface area contributed by atoms with Crippen molar-refractivity contribution >= 4 is 23.2 Å². The second-order valence-corrected chi connectivity index (χ2v) is 12.4. The van der Waals surface area contributed by atoms with Gasteiger partial charge in [0.1, 0.15) is 0 Å². The van der Waals surface area contributed by atoms with Gasteiger partial charge in [0.05, 0.1) is 11.9 Å². The molecule has 10 heteroatoms. The first-order valence-corrected chi connectivity index (χ1v) is 15.3. The van der Waals surface area contributed by atoms with Crippen LogP contribution in [0.3, 0.4) is 0 Å². The van der Waals surface area contributed by atoms with Crippen LogP contribution in [0.1, 0.15) is 93.9 Å². The Hall–Kier alpha value is -3.82. The van der Waals surface area contributed by atoms with E-state index in [4.69, 9.17) is 0 Å². The van der Waals surface area contributed by atoms with Crippen LogP contribution in [0.2, 0.25) is 0 Å². The third-order valence-corrected chi connectivity index (χ3v) is 9.43. The van der Waals surface area contributed by atoms with Crippen molar-refractivity contribution in [2.24, 2.45) is 5.41 Å². The fourth-order valence-corrected chi connectivity index (χ4v) is 6.68. The summed E-state index contributed by atoms with van der Waals surface area (Å²) in [6.07, 6.45) is 9.64. The lowest BCUT2D eigenvalue weighted by atomic mass is 9.52. The number of alkyl halides is 3. The molecular weight excluding hydrogens is 570 g/mol. The number of anilines is 3. The number of carbonyl (C=O) groups is 1. The number of hydrogen-bond acceptors (Lipinski definition) is 5. The van der Waals surface area contributed by atoms with Crippen LogP contribution in [0.4, 0.5) is 34.9 Å². The topological polar surface area (TPSA) is 71.0 Å². The molecule has 0 unspecified atom stereocenters. The summed E-state index contributed by atoms with van der Waals surface area (Å²) >= 11 is 0. The maximum atomic E-state index is 13.4. The van der Waals surface area contributed by atoms with Crippen LogP contribution in [0, 0.1) is 5.41 Å². The van der Waals surface area contributed by atoms with Gasteiger partial charge in [0, 0.05) is 54.0 Å². The normalized spacial score (nSPS) is 22.5. The van der Waals surface area contributed by atoms with Crippen LogP contribution in [0.25, 0.3) is 0 Å². The Kier molecular flexibility index (Phi) is 9.37. The van der Waals surface area contributed by atoms with E-state index in [1.807, 2.05) is 48.5 Å². The SMILES string of the molecule is C=CF.CCCC(=O)N(CC12CCC(c3ccc(C(F)(F)F)cn3)(CC1)CC2)c1cccc(Nc2ncc(C3CC3)cn2)c1. The fourth-order valence-electron chi connectivity index (χ4n) is 6.68. The molecule has 7 rings (SSSR count). The Bertz CT molecular complexity index is 1410. The van der Waals surface area contributed by atoms with Crippen LogP contribution in [-0.2, 0) is 16.4 Å². The average molecular weight is 610 g/mol. The largest absolute Gasteiger partial charge is 0.417 e. The highest BCUT2D eigenvalue weighted by Crippen LogP contribution is 2.58. The lowest BCUT2D eigenvalue weighted by Gasteiger charge is -2.54. The number of carbonyl (C=O) groups excluding carboxylic acids is 1. The lowest BCUT2D eigenvalue weighted by molar-refractivity contribution is -0.137. The van der Waals surface area contributed by atoms with Gasteiger partial charge in [0.2, 0.25) is 11.9 Å². The summed E-state index contributed by atoms with van der Waals surface area (Å²) in [5, 5.41) is 3.29. The molecule has 4 aliphatic rings. The fraction of sp³-hybridized carbons (Fsp3) is 0.471. The number of nitrogens with one attached hydrogen (secondary N) is 1. The quantitative estimate of drug-likeness (QED) is 0.245. The molecule has 6 nitrogen and oxygen atoms in total. The van der Waals surface area contributed by atoms with Crippen molar-refractivity contribution in [2.75, 3.05) is 16.8 Å². The molecule has 3 aromatic rings. The second-order valence-electron chi connectivity index (χ2n) is 12.4. The number of nitrogens with zero attached hydrogens (tertiary/aromatic N) is 4. The molecule has 44 heavy (non-hydrogen) atoms. The Balaban J connectivity index is 0.00000123. The summed E-state index contributed by atoms with van der Waals surface area (Å²) < 4.78 is 49.3. The number of rotatable bonds is 9. The van der Waals surface area contributed by atoms with Gasteiger partial charge in [-0.3, -0.25) is 9.78 Å². The monoisotopic (exact) mass is 609 g/mol. The molecule has 0 atom stereocenters. The van der Waals surface area contributed by atoms with Crippen molar-refractivity contribution in [3.05, 3.63) is 84.7 Å². The average Bonchev–Trinajstić information content (AvgIpc) is 3.88. The summed E-state index contributed by atoms with van der Waals surface area (Å²) in [5.74, 6) is 1.24. The zero-order valence-corrected chi connectivity index (χ0v) is 25.0. The van der Waals surface area contributed by atoms with Gasteiger partial charge in [-0.05, 0) is 105 Å². The molecular formula is C34H39F4N5O. The van der Waals surface area contributed by atoms with Gasteiger partial charge < -0.3 is 10.2 Å². The van der Waals surface area contributed by atoms with Crippen LogP contribution >= 0.6 is 0 Å². The number of amides is 1. The molecule has 4 aliphatic carbocycles. The van der Waals surface area contributed by atoms with E-state index in [1.165, 1.54) is 18.4 Å². The number of hydrogen-bond donors (Lipinski definition) is 1. The second kappa shape index (κ2) is 13.0. The zero-order valence-electron chi connectivity index (χ0n) is 25.0. The van der Waals surface area contributed by atoms with Gasteiger partial charge in [-0.25, -0.2) is 14.4 Å². The van der Waals surface area contributed by atoms with Gasteiger partial charge in [-0.2, -0.15) is 13.2 Å². The Morgan fingerprint density at radius 1 is 1.02 bits per heavy atom. The van der Waals surface area contributed by atoms with Crippen molar-refractivity contribution < 1.29 is 22.4 Å². The van der Waals surface area contributed by atoms with Gasteiger partial charge in [-0.15, -0.1) is 0 Å². The third-order valence-electron chi connectivity index (χ3n) is 9.43. The number of benzene rings is 1. The molecule has 4 saturated carbocycles. The highest BCUT2D eigenvalue weighted by atomic mass is 19.4. The molecule has 0 spiro atoms.